The van der Waals surface area contributed by atoms with Crippen LogP contribution in [-0.2, 0) is 9.57 Å². The minimum Gasteiger partial charge on any atom is -0.492 e. The summed E-state index contributed by atoms with van der Waals surface area (Å²) in [5, 5.41) is 3.81. The molecule has 152 valence electrons. The van der Waals surface area contributed by atoms with Gasteiger partial charge in [0.2, 0.25) is 0 Å². The molecule has 0 aliphatic rings. The first-order chi connectivity index (χ1) is 13.0. The van der Waals surface area contributed by atoms with Crippen molar-refractivity contribution in [2.45, 2.75) is 27.7 Å². The van der Waals surface area contributed by atoms with Crippen molar-refractivity contribution in [1.82, 2.24) is 4.90 Å². The number of benzene rings is 1. The zero-order valence-corrected chi connectivity index (χ0v) is 17.6. The molecule has 0 aromatic heterocycles. The van der Waals surface area contributed by atoms with Gasteiger partial charge in [-0.1, -0.05) is 17.3 Å². The summed E-state index contributed by atoms with van der Waals surface area (Å²) >= 11 is 0. The standard InChI is InChI=1S/C21H34N2O4/c1-7-8-11-26-20-14-17(2)21(18(3)15-20)27-13-10-23(5)9-12-25-16-19(4)22-24-6/h7-8,14-15H,9-13,16H2,1-6H3/b8-7+,22-19+. The lowest BCUT2D eigenvalue weighted by atomic mass is 10.1. The van der Waals surface area contributed by atoms with Crippen LogP contribution in [0.25, 0.3) is 0 Å². The summed E-state index contributed by atoms with van der Waals surface area (Å²) in [5.74, 6) is 1.81. The molecule has 0 amide bonds. The zero-order valence-electron chi connectivity index (χ0n) is 17.6. The van der Waals surface area contributed by atoms with Crippen molar-refractivity contribution >= 4 is 5.71 Å². The number of hydrogen-bond acceptors (Lipinski definition) is 6. The van der Waals surface area contributed by atoms with Crippen molar-refractivity contribution in [1.29, 1.82) is 0 Å². The van der Waals surface area contributed by atoms with E-state index in [1.165, 1.54) is 7.11 Å². The van der Waals surface area contributed by atoms with Gasteiger partial charge in [0.25, 0.3) is 0 Å². The van der Waals surface area contributed by atoms with Gasteiger partial charge in [-0.2, -0.15) is 0 Å². The van der Waals surface area contributed by atoms with Gasteiger partial charge in [0, 0.05) is 13.1 Å². The number of oxime groups is 1. The second kappa shape index (κ2) is 13.2. The predicted octanol–water partition coefficient (Wildman–Crippen LogP) is 3.61. The number of ether oxygens (including phenoxy) is 3. The SMILES string of the molecule is C/C=C/COc1cc(C)c(OCCN(C)CCOC/C(C)=N/OC)c(C)c1. The third-order valence-electron chi connectivity index (χ3n) is 3.91. The lowest BCUT2D eigenvalue weighted by Crippen LogP contribution is -2.28. The average molecular weight is 379 g/mol. The molecule has 0 heterocycles. The molecule has 0 saturated carbocycles. The highest BCUT2D eigenvalue weighted by Gasteiger charge is 2.08. The lowest BCUT2D eigenvalue weighted by molar-refractivity contribution is 0.129. The van der Waals surface area contributed by atoms with Crippen molar-refractivity contribution in [3.63, 3.8) is 0 Å². The van der Waals surface area contributed by atoms with E-state index < -0.39 is 0 Å². The molecule has 0 aliphatic carbocycles. The van der Waals surface area contributed by atoms with E-state index in [1.807, 2.05) is 52.0 Å². The molecule has 0 radical (unpaired) electrons. The molecule has 0 aliphatic heterocycles. The Morgan fingerprint density at radius 3 is 2.41 bits per heavy atom. The Labute approximate surface area is 163 Å². The molecule has 0 spiro atoms. The minimum absolute atomic E-state index is 0.485. The smallest absolute Gasteiger partial charge is 0.125 e. The predicted molar refractivity (Wildman–Crippen MR) is 110 cm³/mol. The molecule has 0 unspecified atom stereocenters. The summed E-state index contributed by atoms with van der Waals surface area (Å²) in [6.07, 6.45) is 3.97. The van der Waals surface area contributed by atoms with E-state index in [9.17, 15) is 0 Å². The maximum absolute atomic E-state index is 6.01. The van der Waals surface area contributed by atoms with Crippen LogP contribution in [0.1, 0.15) is 25.0 Å². The molecule has 1 rings (SSSR count). The number of rotatable bonds is 13. The van der Waals surface area contributed by atoms with Gasteiger partial charge in [0.15, 0.2) is 0 Å². The van der Waals surface area contributed by atoms with Gasteiger partial charge in [-0.25, -0.2) is 0 Å². The van der Waals surface area contributed by atoms with Crippen molar-refractivity contribution in [3.8, 4) is 11.5 Å². The Balaban J connectivity index is 2.35. The van der Waals surface area contributed by atoms with Crippen molar-refractivity contribution < 1.29 is 19.0 Å². The highest BCUT2D eigenvalue weighted by molar-refractivity contribution is 5.82. The monoisotopic (exact) mass is 378 g/mol. The first kappa shape index (κ1) is 23.0. The second-order valence-electron chi connectivity index (χ2n) is 6.48. The molecule has 0 bridgehead atoms. The maximum Gasteiger partial charge on any atom is 0.125 e. The van der Waals surface area contributed by atoms with Crippen LogP contribution in [0.4, 0.5) is 0 Å². The van der Waals surface area contributed by atoms with Crippen LogP contribution >= 0.6 is 0 Å². The van der Waals surface area contributed by atoms with Gasteiger partial charge in [-0.05, 0) is 58.0 Å². The van der Waals surface area contributed by atoms with Crippen molar-refractivity contribution in [2.24, 2.45) is 5.16 Å². The number of allylic oxidation sites excluding steroid dienone is 1. The van der Waals surface area contributed by atoms with Crippen LogP contribution < -0.4 is 9.47 Å². The van der Waals surface area contributed by atoms with Crippen LogP contribution in [0.2, 0.25) is 0 Å². The summed E-state index contributed by atoms with van der Waals surface area (Å²) < 4.78 is 17.3. The average Bonchev–Trinajstić information content (AvgIpc) is 2.61. The zero-order chi connectivity index (χ0) is 20.1. The summed E-state index contributed by atoms with van der Waals surface area (Å²) in [5.41, 5.74) is 3.00. The van der Waals surface area contributed by atoms with Crippen LogP contribution in [-0.4, -0.2) is 64.3 Å². The number of nitrogens with zero attached hydrogens (tertiary/aromatic N) is 2. The highest BCUT2D eigenvalue weighted by Crippen LogP contribution is 2.28. The van der Waals surface area contributed by atoms with Crippen LogP contribution in [0, 0.1) is 13.8 Å². The fourth-order valence-electron chi connectivity index (χ4n) is 2.50. The topological polar surface area (TPSA) is 52.5 Å². The van der Waals surface area contributed by atoms with Crippen LogP contribution in [0.3, 0.4) is 0 Å². The van der Waals surface area contributed by atoms with E-state index in [1.54, 1.807) is 0 Å². The van der Waals surface area contributed by atoms with Gasteiger partial charge in [0.05, 0.1) is 18.9 Å². The van der Waals surface area contributed by atoms with E-state index in [0.29, 0.717) is 26.4 Å². The third-order valence-corrected chi connectivity index (χ3v) is 3.91. The summed E-state index contributed by atoms with van der Waals surface area (Å²) in [6, 6.07) is 4.04. The van der Waals surface area contributed by atoms with Crippen LogP contribution in [0.15, 0.2) is 29.4 Å². The third kappa shape index (κ3) is 9.45. The fraction of sp³-hybridized carbons (Fsp3) is 0.571. The molecule has 6 nitrogen and oxygen atoms in total. The van der Waals surface area contributed by atoms with Gasteiger partial charge in [-0.3, -0.25) is 0 Å². The molecule has 27 heavy (non-hydrogen) atoms. The van der Waals surface area contributed by atoms with Crippen LogP contribution in [0.5, 0.6) is 11.5 Å². The minimum atomic E-state index is 0.485. The second-order valence-corrected chi connectivity index (χ2v) is 6.48. The molecule has 0 N–H and O–H groups in total. The Hall–Kier alpha value is -2.05. The Kier molecular flexibility index (Phi) is 11.2. The van der Waals surface area contributed by atoms with E-state index in [-0.39, 0.29) is 0 Å². The van der Waals surface area contributed by atoms with Gasteiger partial charge < -0.3 is 23.9 Å². The van der Waals surface area contributed by atoms with Gasteiger partial charge >= 0.3 is 0 Å². The molecule has 6 heteroatoms. The van der Waals surface area contributed by atoms with Gasteiger partial charge in [-0.15, -0.1) is 0 Å². The normalized spacial score (nSPS) is 12.0. The summed E-state index contributed by atoms with van der Waals surface area (Å²) in [7, 11) is 3.59. The van der Waals surface area contributed by atoms with E-state index in [2.05, 4.69) is 17.1 Å². The highest BCUT2D eigenvalue weighted by atomic mass is 16.6. The molecule has 0 fully saturated rings. The maximum atomic E-state index is 6.01. The number of hydrogen-bond donors (Lipinski definition) is 0. The molecule has 0 saturated heterocycles. The fourth-order valence-corrected chi connectivity index (χ4v) is 2.50. The Morgan fingerprint density at radius 1 is 1.11 bits per heavy atom. The first-order valence-corrected chi connectivity index (χ1v) is 9.28. The van der Waals surface area contributed by atoms with E-state index in [4.69, 9.17) is 19.0 Å². The summed E-state index contributed by atoms with van der Waals surface area (Å²) in [6.45, 7) is 12.0. The lowest BCUT2D eigenvalue weighted by Gasteiger charge is -2.19. The Morgan fingerprint density at radius 2 is 1.78 bits per heavy atom. The summed E-state index contributed by atoms with van der Waals surface area (Å²) in [4.78, 5) is 6.88. The molecule has 0 atom stereocenters. The van der Waals surface area contributed by atoms with Gasteiger partial charge in [0.1, 0.15) is 31.8 Å². The van der Waals surface area contributed by atoms with Crippen molar-refractivity contribution in [3.05, 3.63) is 35.4 Å². The first-order valence-electron chi connectivity index (χ1n) is 9.28. The molecule has 1 aromatic rings. The van der Waals surface area contributed by atoms with E-state index in [0.717, 1.165) is 41.4 Å². The quantitative estimate of drug-likeness (QED) is 0.227. The molecular weight excluding hydrogens is 344 g/mol. The largest absolute Gasteiger partial charge is 0.492 e. The molecule has 1 aromatic carbocycles. The number of aryl methyl sites for hydroxylation is 2. The van der Waals surface area contributed by atoms with Crippen molar-refractivity contribution in [2.75, 3.05) is 53.7 Å². The molecular formula is C21H34N2O4. The van der Waals surface area contributed by atoms with E-state index >= 15 is 0 Å². The Bertz CT molecular complexity index is 591. The number of likely N-dealkylation sites (N-methyl/N-ethyl adjacent to an activating group) is 1.